The van der Waals surface area contributed by atoms with E-state index in [0.29, 0.717) is 28.9 Å². The number of hydrogen-bond acceptors (Lipinski definition) is 6. The van der Waals surface area contributed by atoms with Gasteiger partial charge in [-0.25, -0.2) is 4.98 Å². The number of nitrogens with one attached hydrogen (secondary N) is 2. The number of anilines is 2. The number of benzene rings is 2. The second-order valence-electron chi connectivity index (χ2n) is 8.64. The van der Waals surface area contributed by atoms with Crippen molar-refractivity contribution >= 4 is 60.4 Å². The van der Waals surface area contributed by atoms with Crippen molar-refractivity contribution in [2.45, 2.75) is 31.7 Å². The van der Waals surface area contributed by atoms with E-state index in [1.54, 1.807) is 12.1 Å². The molecule has 0 bridgehead atoms. The van der Waals surface area contributed by atoms with Crippen LogP contribution in [0, 0.1) is 5.92 Å². The molecule has 0 aliphatic heterocycles. The maximum atomic E-state index is 12.6. The molecule has 0 spiro atoms. The number of halogens is 2. The van der Waals surface area contributed by atoms with Crippen LogP contribution in [0.25, 0.3) is 10.9 Å². The van der Waals surface area contributed by atoms with Crippen molar-refractivity contribution in [3.05, 3.63) is 50.9 Å². The number of aromatic hydroxyl groups is 1. The molecule has 1 aliphatic rings. The van der Waals surface area contributed by atoms with E-state index >= 15 is 0 Å². The highest BCUT2D eigenvalue weighted by molar-refractivity contribution is 9.11. The average Bonchev–Trinajstić information content (AvgIpc) is 2.80. The molecule has 3 aromatic rings. The van der Waals surface area contributed by atoms with E-state index in [0.717, 1.165) is 46.9 Å². The van der Waals surface area contributed by atoms with E-state index in [-0.39, 0.29) is 17.2 Å². The van der Waals surface area contributed by atoms with Crippen LogP contribution in [-0.4, -0.2) is 47.7 Å². The number of aromatic nitrogens is 2. The number of phenols is 1. The van der Waals surface area contributed by atoms with Gasteiger partial charge in [0.05, 0.1) is 15.6 Å². The summed E-state index contributed by atoms with van der Waals surface area (Å²) in [6.07, 6.45) is 3.98. The van der Waals surface area contributed by atoms with Crippen molar-refractivity contribution in [2.24, 2.45) is 5.92 Å². The largest absolute Gasteiger partial charge is 0.506 e. The highest BCUT2D eigenvalue weighted by atomic mass is 79.9. The van der Waals surface area contributed by atoms with Crippen LogP contribution in [-0.2, 0) is 0 Å². The molecular weight excluding hydrogens is 550 g/mol. The van der Waals surface area contributed by atoms with Gasteiger partial charge in [0.25, 0.3) is 5.91 Å². The monoisotopic (exact) mass is 575 g/mol. The van der Waals surface area contributed by atoms with Gasteiger partial charge in [-0.15, -0.1) is 0 Å². The van der Waals surface area contributed by atoms with Crippen molar-refractivity contribution < 1.29 is 9.90 Å². The Hall–Kier alpha value is -2.39. The Balaban J connectivity index is 1.33. The third-order valence-electron chi connectivity index (χ3n) is 6.01. The predicted octanol–water partition coefficient (Wildman–Crippen LogP) is 5.33. The predicted molar refractivity (Wildman–Crippen MR) is 139 cm³/mol. The van der Waals surface area contributed by atoms with Crippen molar-refractivity contribution in [1.82, 2.24) is 15.3 Å². The molecular formula is C24H27Br2N5O2. The van der Waals surface area contributed by atoms with Gasteiger partial charge in [-0.2, -0.15) is 4.98 Å². The zero-order valence-electron chi connectivity index (χ0n) is 18.6. The van der Waals surface area contributed by atoms with Gasteiger partial charge in [-0.1, -0.05) is 28.1 Å². The van der Waals surface area contributed by atoms with Crippen LogP contribution in [0.4, 0.5) is 11.8 Å². The SMILES string of the molecule is CN(C)c1nc(N[C@H]2CC[C@@H](CNC(=O)c3cc(Br)cc(Br)c3O)CC2)nc2ccccc12. The lowest BCUT2D eigenvalue weighted by Gasteiger charge is -2.29. The molecule has 1 aromatic heterocycles. The van der Waals surface area contributed by atoms with Crippen molar-refractivity contribution in [1.29, 1.82) is 0 Å². The minimum Gasteiger partial charge on any atom is -0.506 e. The average molecular weight is 577 g/mol. The second kappa shape index (κ2) is 10.3. The molecule has 1 amide bonds. The number of carbonyl (C=O) groups excluding carboxylic acids is 1. The first-order valence-corrected chi connectivity index (χ1v) is 12.6. The molecule has 2 aromatic carbocycles. The fraction of sp³-hybridized carbons (Fsp3) is 0.375. The van der Waals surface area contributed by atoms with Crippen molar-refractivity contribution in [2.75, 3.05) is 30.9 Å². The fourth-order valence-electron chi connectivity index (χ4n) is 4.23. The van der Waals surface area contributed by atoms with Crippen LogP contribution in [0.2, 0.25) is 0 Å². The van der Waals surface area contributed by atoms with Gasteiger partial charge in [-0.05, 0) is 71.8 Å². The summed E-state index contributed by atoms with van der Waals surface area (Å²) in [6.45, 7) is 0.590. The molecule has 0 saturated heterocycles. The summed E-state index contributed by atoms with van der Waals surface area (Å²) < 4.78 is 1.22. The lowest BCUT2D eigenvalue weighted by Crippen LogP contribution is -2.34. The number of nitrogens with zero attached hydrogens (tertiary/aromatic N) is 3. The van der Waals surface area contributed by atoms with Crippen LogP contribution < -0.4 is 15.5 Å². The first-order valence-electron chi connectivity index (χ1n) is 11.0. The van der Waals surface area contributed by atoms with E-state index in [2.05, 4.69) is 42.5 Å². The molecule has 174 valence electrons. The highest BCUT2D eigenvalue weighted by Gasteiger charge is 2.23. The molecule has 1 aliphatic carbocycles. The molecule has 1 fully saturated rings. The van der Waals surface area contributed by atoms with Gasteiger partial charge in [0.1, 0.15) is 11.6 Å². The molecule has 9 heteroatoms. The summed E-state index contributed by atoms with van der Waals surface area (Å²) in [5.74, 6) is 1.65. The molecule has 7 nitrogen and oxygen atoms in total. The minimum absolute atomic E-state index is 0.0453. The summed E-state index contributed by atoms with van der Waals surface area (Å²) in [7, 11) is 3.98. The number of hydrogen-bond donors (Lipinski definition) is 3. The molecule has 0 atom stereocenters. The van der Waals surface area contributed by atoms with Crippen LogP contribution in [0.5, 0.6) is 5.75 Å². The molecule has 4 rings (SSSR count). The molecule has 3 N–H and O–H groups in total. The zero-order valence-corrected chi connectivity index (χ0v) is 21.8. The van der Waals surface area contributed by atoms with E-state index in [4.69, 9.17) is 9.97 Å². The number of phenolic OH excluding ortho intramolecular Hbond substituents is 1. The van der Waals surface area contributed by atoms with E-state index in [1.807, 2.05) is 43.3 Å². The number of rotatable bonds is 6. The zero-order chi connectivity index (χ0) is 23.5. The van der Waals surface area contributed by atoms with Crippen molar-refractivity contribution in [3.63, 3.8) is 0 Å². The number of para-hydroxylation sites is 1. The van der Waals surface area contributed by atoms with E-state index in [1.165, 1.54) is 0 Å². The fourth-order valence-corrected chi connectivity index (χ4v) is 5.46. The first-order chi connectivity index (χ1) is 15.8. The van der Waals surface area contributed by atoms with Gasteiger partial charge in [0.15, 0.2) is 0 Å². The Morgan fingerprint density at radius 2 is 1.85 bits per heavy atom. The molecule has 1 heterocycles. The summed E-state index contributed by atoms with van der Waals surface area (Å²) in [5.41, 5.74) is 1.19. The third-order valence-corrected chi connectivity index (χ3v) is 7.07. The summed E-state index contributed by atoms with van der Waals surface area (Å²) in [5, 5.41) is 17.7. The van der Waals surface area contributed by atoms with Gasteiger partial charge in [0, 0.05) is 36.5 Å². The Labute approximate surface area is 210 Å². The third kappa shape index (κ3) is 5.58. The normalized spacial score (nSPS) is 18.2. The highest BCUT2D eigenvalue weighted by Crippen LogP contribution is 2.32. The molecule has 0 radical (unpaired) electrons. The van der Waals surface area contributed by atoms with Gasteiger partial charge in [-0.3, -0.25) is 4.79 Å². The van der Waals surface area contributed by atoms with Gasteiger partial charge >= 0.3 is 0 Å². The molecule has 1 saturated carbocycles. The number of amides is 1. The number of fused-ring (bicyclic) bond motifs is 1. The maximum Gasteiger partial charge on any atom is 0.255 e. The Morgan fingerprint density at radius 1 is 1.12 bits per heavy atom. The minimum atomic E-state index is -0.268. The molecule has 0 unspecified atom stereocenters. The van der Waals surface area contributed by atoms with Crippen LogP contribution in [0.3, 0.4) is 0 Å². The lowest BCUT2D eigenvalue weighted by atomic mass is 9.86. The summed E-state index contributed by atoms with van der Waals surface area (Å²) >= 11 is 6.63. The summed E-state index contributed by atoms with van der Waals surface area (Å²) in [4.78, 5) is 24.0. The van der Waals surface area contributed by atoms with Crippen molar-refractivity contribution in [3.8, 4) is 5.75 Å². The lowest BCUT2D eigenvalue weighted by molar-refractivity contribution is 0.0940. The van der Waals surface area contributed by atoms with Crippen LogP contribution in [0.15, 0.2) is 45.3 Å². The first kappa shape index (κ1) is 23.8. The number of carbonyl (C=O) groups is 1. The van der Waals surface area contributed by atoms with Gasteiger partial charge < -0.3 is 20.6 Å². The quantitative estimate of drug-likeness (QED) is 0.367. The Bertz CT molecular complexity index is 1160. The van der Waals surface area contributed by atoms with Crippen LogP contribution >= 0.6 is 31.9 Å². The van der Waals surface area contributed by atoms with E-state index in [9.17, 15) is 9.90 Å². The second-order valence-corrected chi connectivity index (χ2v) is 10.4. The summed E-state index contributed by atoms with van der Waals surface area (Å²) in [6, 6.07) is 11.7. The van der Waals surface area contributed by atoms with E-state index < -0.39 is 0 Å². The topological polar surface area (TPSA) is 90.4 Å². The maximum absolute atomic E-state index is 12.6. The van der Waals surface area contributed by atoms with Crippen LogP contribution in [0.1, 0.15) is 36.0 Å². The molecule has 33 heavy (non-hydrogen) atoms. The smallest absolute Gasteiger partial charge is 0.255 e. The standard InChI is InChI=1S/C24H27Br2N5O2/c1-31(2)22-17-5-3-4-6-20(17)29-24(30-22)28-16-9-7-14(8-10-16)13-27-23(33)18-11-15(25)12-19(26)21(18)32/h3-6,11-12,14,16,32H,7-10,13H2,1-2H3,(H,27,33)(H,28,29,30)/t14-,16+. The Morgan fingerprint density at radius 3 is 2.58 bits per heavy atom. The Kier molecular flexibility index (Phi) is 7.38. The van der Waals surface area contributed by atoms with Gasteiger partial charge in [0.2, 0.25) is 5.95 Å².